The van der Waals surface area contributed by atoms with Crippen LogP contribution in [0.25, 0.3) is 0 Å². The number of nitrogens with one attached hydrogen (secondary N) is 2. The third-order valence-electron chi connectivity index (χ3n) is 4.20. The van der Waals surface area contributed by atoms with Gasteiger partial charge < -0.3 is 14.8 Å². The third kappa shape index (κ3) is 6.47. The fraction of sp³-hybridized carbons (Fsp3) is 0.0870. The van der Waals surface area contributed by atoms with Crippen LogP contribution >= 0.6 is 23.2 Å². The molecule has 0 atom stereocenters. The van der Waals surface area contributed by atoms with Gasteiger partial charge in [-0.1, -0.05) is 47.5 Å². The fourth-order valence-corrected chi connectivity index (χ4v) is 2.93. The molecule has 3 aromatic carbocycles. The molecule has 0 saturated heterocycles. The van der Waals surface area contributed by atoms with Crippen LogP contribution in [0.2, 0.25) is 10.0 Å². The van der Waals surface area contributed by atoms with Crippen LogP contribution in [-0.2, 0) is 16.2 Å². The monoisotopic (exact) mass is 471 g/mol. The van der Waals surface area contributed by atoms with Crippen molar-refractivity contribution in [2.75, 3.05) is 12.4 Å². The lowest BCUT2D eigenvalue weighted by Crippen LogP contribution is -2.32. The van der Waals surface area contributed by atoms with Crippen molar-refractivity contribution in [3.63, 3.8) is 0 Å². The van der Waals surface area contributed by atoms with Crippen LogP contribution in [-0.4, -0.2) is 25.1 Å². The Morgan fingerprint density at radius 1 is 0.969 bits per heavy atom. The Morgan fingerprint density at radius 3 is 2.56 bits per heavy atom. The van der Waals surface area contributed by atoms with E-state index in [0.717, 1.165) is 5.56 Å². The summed E-state index contributed by atoms with van der Waals surface area (Å²) in [5.74, 6) is -0.686. The molecular weight excluding hydrogens is 453 g/mol. The zero-order valence-electron chi connectivity index (χ0n) is 17.0. The molecule has 0 fully saturated rings. The first-order chi connectivity index (χ1) is 15.5. The number of para-hydroxylation sites is 1. The van der Waals surface area contributed by atoms with Crippen molar-refractivity contribution in [1.29, 1.82) is 0 Å². The van der Waals surface area contributed by atoms with Crippen LogP contribution in [0.4, 0.5) is 5.69 Å². The molecule has 3 aromatic rings. The van der Waals surface area contributed by atoms with E-state index in [0.29, 0.717) is 32.8 Å². The average Bonchev–Trinajstić information content (AvgIpc) is 2.80. The molecule has 0 heterocycles. The molecule has 9 heteroatoms. The highest BCUT2D eigenvalue weighted by molar-refractivity contribution is 6.42. The molecule has 0 aromatic heterocycles. The van der Waals surface area contributed by atoms with Gasteiger partial charge in [-0.2, -0.15) is 5.10 Å². The van der Waals surface area contributed by atoms with Gasteiger partial charge in [0.2, 0.25) is 0 Å². The second-order valence-electron chi connectivity index (χ2n) is 6.46. The van der Waals surface area contributed by atoms with Gasteiger partial charge in [-0.05, 0) is 42.0 Å². The van der Waals surface area contributed by atoms with E-state index in [4.69, 9.17) is 32.7 Å². The standard InChI is InChI=1S/C23H19Cl2N3O4/c1-31-18-7-4-6-17(12-18)27-22(29)23(30)28-26-13-16-5-2-3-8-21(16)32-14-15-9-10-19(24)20(25)11-15/h2-13H,14H2,1H3,(H,27,29)(H,28,30)/b26-13-. The Bertz CT molecular complexity index is 1150. The molecule has 0 aliphatic rings. The number of carbonyl (C=O) groups excluding carboxylic acids is 2. The molecule has 0 spiro atoms. The van der Waals surface area contributed by atoms with Gasteiger partial charge in [0.15, 0.2) is 0 Å². The van der Waals surface area contributed by atoms with E-state index in [1.54, 1.807) is 54.6 Å². The van der Waals surface area contributed by atoms with Crippen LogP contribution in [0.5, 0.6) is 11.5 Å². The molecule has 0 bridgehead atoms. The molecule has 3 rings (SSSR count). The van der Waals surface area contributed by atoms with Crippen molar-refractivity contribution < 1.29 is 19.1 Å². The van der Waals surface area contributed by atoms with Crippen LogP contribution in [0.15, 0.2) is 71.8 Å². The lowest BCUT2D eigenvalue weighted by molar-refractivity contribution is -0.136. The van der Waals surface area contributed by atoms with Gasteiger partial charge in [0, 0.05) is 17.3 Å². The molecule has 164 valence electrons. The van der Waals surface area contributed by atoms with Crippen LogP contribution in [0.3, 0.4) is 0 Å². The summed E-state index contributed by atoms with van der Waals surface area (Å²) in [5, 5.41) is 7.23. The summed E-state index contributed by atoms with van der Waals surface area (Å²) < 4.78 is 10.9. The Labute approximate surface area is 194 Å². The Balaban J connectivity index is 1.58. The minimum atomic E-state index is -0.918. The smallest absolute Gasteiger partial charge is 0.329 e. The number of halogens is 2. The Kier molecular flexibility index (Phi) is 8.08. The van der Waals surface area contributed by atoms with Crippen LogP contribution in [0.1, 0.15) is 11.1 Å². The molecule has 2 amide bonds. The lowest BCUT2D eigenvalue weighted by atomic mass is 10.2. The first-order valence-electron chi connectivity index (χ1n) is 9.40. The first kappa shape index (κ1) is 23.1. The number of hydrazone groups is 1. The van der Waals surface area contributed by atoms with Crippen LogP contribution < -0.4 is 20.2 Å². The molecule has 0 aliphatic heterocycles. The highest BCUT2D eigenvalue weighted by Crippen LogP contribution is 2.24. The molecule has 0 radical (unpaired) electrons. The summed E-state index contributed by atoms with van der Waals surface area (Å²) in [6, 6.07) is 19.0. The van der Waals surface area contributed by atoms with Crippen molar-refractivity contribution >= 4 is 46.9 Å². The van der Waals surface area contributed by atoms with Gasteiger partial charge >= 0.3 is 11.8 Å². The Hall–Kier alpha value is -3.55. The number of hydrogen-bond donors (Lipinski definition) is 2. The minimum absolute atomic E-state index is 0.261. The number of carbonyl (C=O) groups is 2. The highest BCUT2D eigenvalue weighted by atomic mass is 35.5. The van der Waals surface area contributed by atoms with Crippen LogP contribution in [0, 0.1) is 0 Å². The quantitative estimate of drug-likeness (QED) is 0.297. The molecule has 7 nitrogen and oxygen atoms in total. The molecule has 2 N–H and O–H groups in total. The SMILES string of the molecule is COc1cccc(NC(=O)C(=O)N/N=C\c2ccccc2OCc2ccc(Cl)c(Cl)c2)c1. The van der Waals surface area contributed by atoms with E-state index in [1.165, 1.54) is 13.3 Å². The van der Waals surface area contributed by atoms with Gasteiger partial charge in [-0.3, -0.25) is 9.59 Å². The largest absolute Gasteiger partial charge is 0.497 e. The second kappa shape index (κ2) is 11.2. The lowest BCUT2D eigenvalue weighted by Gasteiger charge is -2.09. The zero-order chi connectivity index (χ0) is 22.9. The number of ether oxygens (including phenoxy) is 2. The zero-order valence-corrected chi connectivity index (χ0v) is 18.5. The van der Waals surface area contributed by atoms with E-state index in [2.05, 4.69) is 15.8 Å². The predicted octanol–water partition coefficient (Wildman–Crippen LogP) is 4.67. The number of nitrogens with zero attached hydrogens (tertiary/aromatic N) is 1. The molecule has 32 heavy (non-hydrogen) atoms. The molecule has 0 aliphatic carbocycles. The maximum atomic E-state index is 12.0. The van der Waals surface area contributed by atoms with Gasteiger partial charge in [-0.25, -0.2) is 5.43 Å². The predicted molar refractivity (Wildman–Crippen MR) is 125 cm³/mol. The Morgan fingerprint density at radius 2 is 1.78 bits per heavy atom. The summed E-state index contributed by atoms with van der Waals surface area (Å²) >= 11 is 12.0. The van der Waals surface area contributed by atoms with Gasteiger partial charge in [-0.15, -0.1) is 0 Å². The molecule has 0 saturated carbocycles. The van der Waals surface area contributed by atoms with E-state index in [-0.39, 0.29) is 6.61 Å². The molecular formula is C23H19Cl2N3O4. The first-order valence-corrected chi connectivity index (χ1v) is 10.2. The number of hydrogen-bond acceptors (Lipinski definition) is 5. The van der Waals surface area contributed by atoms with E-state index >= 15 is 0 Å². The van der Waals surface area contributed by atoms with Crippen molar-refractivity contribution in [3.05, 3.63) is 87.9 Å². The summed E-state index contributed by atoms with van der Waals surface area (Å²) in [4.78, 5) is 24.1. The van der Waals surface area contributed by atoms with E-state index < -0.39 is 11.8 Å². The number of amides is 2. The number of benzene rings is 3. The summed E-state index contributed by atoms with van der Waals surface area (Å²) in [6.07, 6.45) is 1.39. The number of methoxy groups -OCH3 is 1. The van der Waals surface area contributed by atoms with Crippen molar-refractivity contribution in [2.45, 2.75) is 6.61 Å². The third-order valence-corrected chi connectivity index (χ3v) is 4.94. The fourth-order valence-electron chi connectivity index (χ4n) is 2.61. The van der Waals surface area contributed by atoms with Crippen molar-refractivity contribution in [3.8, 4) is 11.5 Å². The second-order valence-corrected chi connectivity index (χ2v) is 7.27. The van der Waals surface area contributed by atoms with Gasteiger partial charge in [0.05, 0.1) is 23.4 Å². The number of rotatable bonds is 7. The summed E-state index contributed by atoms with van der Waals surface area (Å²) in [7, 11) is 1.51. The topological polar surface area (TPSA) is 89.0 Å². The van der Waals surface area contributed by atoms with Gasteiger partial charge in [0.1, 0.15) is 18.1 Å². The van der Waals surface area contributed by atoms with Crippen molar-refractivity contribution in [2.24, 2.45) is 5.10 Å². The van der Waals surface area contributed by atoms with E-state index in [1.807, 2.05) is 12.1 Å². The van der Waals surface area contributed by atoms with Crippen molar-refractivity contribution in [1.82, 2.24) is 5.43 Å². The average molecular weight is 472 g/mol. The minimum Gasteiger partial charge on any atom is -0.497 e. The summed E-state index contributed by atoms with van der Waals surface area (Å²) in [6.45, 7) is 0.261. The number of anilines is 1. The summed E-state index contributed by atoms with van der Waals surface area (Å²) in [5.41, 5.74) is 4.07. The maximum absolute atomic E-state index is 12.0. The highest BCUT2D eigenvalue weighted by Gasteiger charge is 2.13. The molecule has 0 unspecified atom stereocenters. The maximum Gasteiger partial charge on any atom is 0.329 e. The van der Waals surface area contributed by atoms with Gasteiger partial charge in [0.25, 0.3) is 0 Å². The van der Waals surface area contributed by atoms with E-state index in [9.17, 15) is 9.59 Å². The normalized spacial score (nSPS) is 10.6.